The lowest BCUT2D eigenvalue weighted by molar-refractivity contribution is -0.129. The molecule has 2 heterocycles. The maximum atomic E-state index is 11.8. The number of carbonyl (C=O) groups is 2. The smallest absolute Gasteiger partial charge is 0.257 e. The fourth-order valence-electron chi connectivity index (χ4n) is 3.15. The van der Waals surface area contributed by atoms with Gasteiger partial charge in [0.15, 0.2) is 11.5 Å². The van der Waals surface area contributed by atoms with Crippen LogP contribution < -0.4 is 5.32 Å². The van der Waals surface area contributed by atoms with Crippen molar-refractivity contribution in [3.63, 3.8) is 0 Å². The van der Waals surface area contributed by atoms with Crippen LogP contribution in [0.4, 0.5) is 0 Å². The molecular formula is C19H14N2O4. The van der Waals surface area contributed by atoms with E-state index in [9.17, 15) is 19.8 Å². The molecular weight excluding hydrogens is 320 g/mol. The van der Waals surface area contributed by atoms with E-state index in [2.05, 4.69) is 10.3 Å². The number of hydrogen-bond donors (Lipinski definition) is 3. The zero-order valence-electron chi connectivity index (χ0n) is 13.1. The molecule has 1 aliphatic carbocycles. The summed E-state index contributed by atoms with van der Waals surface area (Å²) in [7, 11) is 0. The second kappa shape index (κ2) is 5.59. The summed E-state index contributed by atoms with van der Waals surface area (Å²) >= 11 is 0. The lowest BCUT2D eigenvalue weighted by Crippen LogP contribution is -2.37. The first kappa shape index (κ1) is 15.1. The Kier molecular flexibility index (Phi) is 3.39. The first-order valence-corrected chi connectivity index (χ1v) is 7.78. The highest BCUT2D eigenvalue weighted by molar-refractivity contribution is 6.12. The lowest BCUT2D eigenvalue weighted by atomic mass is 9.88. The van der Waals surface area contributed by atoms with Gasteiger partial charge in [0.2, 0.25) is 5.91 Å². The number of hydrogen-bond acceptors (Lipinski definition) is 5. The quantitative estimate of drug-likeness (QED) is 0.549. The Hall–Kier alpha value is -3.41. The molecule has 0 radical (unpaired) electrons. The predicted octanol–water partition coefficient (Wildman–Crippen LogP) is 2.33. The number of aromatic nitrogens is 1. The fraction of sp³-hybridized carbons (Fsp3) is 0.105. The van der Waals surface area contributed by atoms with E-state index < -0.39 is 0 Å². The van der Waals surface area contributed by atoms with Crippen LogP contribution >= 0.6 is 0 Å². The normalized spacial score (nSPS) is 18.6. The molecule has 3 N–H and O–H groups in total. The number of nitrogens with one attached hydrogen (secondary N) is 1. The largest absolute Gasteiger partial charge is 0.504 e. The number of nitrogens with zero attached hydrogens (tertiary/aromatic N) is 1. The number of phenolic OH excluding ortho intramolecular Hbond substituents is 2. The van der Waals surface area contributed by atoms with E-state index in [1.807, 2.05) is 24.3 Å². The average Bonchev–Trinajstić information content (AvgIpc) is 2.58. The summed E-state index contributed by atoms with van der Waals surface area (Å²) in [4.78, 5) is 27.5. The first-order valence-electron chi connectivity index (χ1n) is 7.78. The Morgan fingerprint density at radius 1 is 1.16 bits per heavy atom. The van der Waals surface area contributed by atoms with Crippen LogP contribution in [0.25, 0.3) is 17.0 Å². The van der Waals surface area contributed by atoms with Gasteiger partial charge in [-0.2, -0.15) is 0 Å². The van der Waals surface area contributed by atoms with Crippen LogP contribution in [0, 0.1) is 0 Å². The number of carbonyl (C=O) groups excluding carboxylic acids is 2. The zero-order valence-corrected chi connectivity index (χ0v) is 13.1. The summed E-state index contributed by atoms with van der Waals surface area (Å²) in [6, 6.07) is 4.92. The topological polar surface area (TPSA) is 99.5 Å². The van der Waals surface area contributed by atoms with Crippen molar-refractivity contribution in [2.24, 2.45) is 0 Å². The Labute approximate surface area is 142 Å². The molecule has 1 aromatic carbocycles. The second-order valence-electron chi connectivity index (χ2n) is 5.99. The minimum absolute atomic E-state index is 0.181. The van der Waals surface area contributed by atoms with E-state index in [4.69, 9.17) is 0 Å². The van der Waals surface area contributed by atoms with Gasteiger partial charge in [0.05, 0.1) is 6.42 Å². The summed E-state index contributed by atoms with van der Waals surface area (Å²) in [5, 5.41) is 22.6. The zero-order chi connectivity index (χ0) is 17.6. The van der Waals surface area contributed by atoms with Crippen LogP contribution in [0.1, 0.15) is 18.4 Å². The van der Waals surface area contributed by atoms with Gasteiger partial charge in [-0.05, 0) is 41.3 Å². The van der Waals surface area contributed by atoms with Crippen molar-refractivity contribution < 1.29 is 19.8 Å². The fourth-order valence-corrected chi connectivity index (χ4v) is 3.15. The van der Waals surface area contributed by atoms with Gasteiger partial charge in [0.25, 0.3) is 5.91 Å². The molecule has 1 aromatic heterocycles. The summed E-state index contributed by atoms with van der Waals surface area (Å²) in [5.74, 6) is -1.12. The number of amides is 2. The average molecular weight is 334 g/mol. The third-order valence-corrected chi connectivity index (χ3v) is 4.34. The highest BCUT2D eigenvalue weighted by Crippen LogP contribution is 2.35. The van der Waals surface area contributed by atoms with Crippen molar-refractivity contribution >= 4 is 28.8 Å². The van der Waals surface area contributed by atoms with Gasteiger partial charge in [0.1, 0.15) is 5.52 Å². The molecule has 2 aromatic rings. The molecule has 1 fully saturated rings. The minimum Gasteiger partial charge on any atom is -0.504 e. The number of phenols is 2. The number of pyridine rings is 1. The summed E-state index contributed by atoms with van der Waals surface area (Å²) in [5.41, 5.74) is 3.36. The third kappa shape index (κ3) is 2.57. The Bertz CT molecular complexity index is 1030. The molecule has 124 valence electrons. The Balaban J connectivity index is 1.78. The molecule has 1 aliphatic heterocycles. The van der Waals surface area contributed by atoms with Gasteiger partial charge in [-0.25, -0.2) is 0 Å². The van der Waals surface area contributed by atoms with Gasteiger partial charge in [-0.3, -0.25) is 19.9 Å². The standard InChI is InChI=1S/C19H14N2O4/c22-15-4-3-13-11(5-6-20-17(13)18(15)24)7-10-1-2-14-12(8-10)9-16(23)21-19(14)25/h2-8,22,24H,1,9H2,(H,21,23,25). The minimum atomic E-state index is -0.351. The molecule has 0 saturated carbocycles. The molecule has 0 spiro atoms. The number of aromatic hydroxyl groups is 2. The number of rotatable bonds is 1. The van der Waals surface area contributed by atoms with Crippen molar-refractivity contribution in [3.05, 3.63) is 58.8 Å². The van der Waals surface area contributed by atoms with Crippen LogP contribution in [-0.2, 0) is 9.59 Å². The van der Waals surface area contributed by atoms with Gasteiger partial charge in [-0.15, -0.1) is 0 Å². The SMILES string of the molecule is O=C1CC2=CC(=Cc3ccnc4c(O)c(O)ccc34)CC=C2C(=O)N1. The van der Waals surface area contributed by atoms with Crippen molar-refractivity contribution in [3.8, 4) is 11.5 Å². The van der Waals surface area contributed by atoms with Crippen molar-refractivity contribution in [2.45, 2.75) is 12.8 Å². The van der Waals surface area contributed by atoms with Gasteiger partial charge in [-0.1, -0.05) is 18.2 Å². The molecule has 0 unspecified atom stereocenters. The molecule has 0 bridgehead atoms. The summed E-state index contributed by atoms with van der Waals surface area (Å²) < 4.78 is 0. The molecule has 0 atom stereocenters. The van der Waals surface area contributed by atoms with E-state index in [1.54, 1.807) is 12.3 Å². The summed E-state index contributed by atoms with van der Waals surface area (Å²) in [6.07, 6.45) is 7.91. The molecule has 25 heavy (non-hydrogen) atoms. The number of imide groups is 1. The van der Waals surface area contributed by atoms with Crippen molar-refractivity contribution in [2.75, 3.05) is 0 Å². The van der Waals surface area contributed by atoms with Crippen molar-refractivity contribution in [1.82, 2.24) is 10.3 Å². The molecule has 2 amide bonds. The monoisotopic (exact) mass is 334 g/mol. The van der Waals surface area contributed by atoms with E-state index >= 15 is 0 Å². The molecule has 1 saturated heterocycles. The number of fused-ring (bicyclic) bond motifs is 2. The van der Waals surface area contributed by atoms with E-state index in [0.29, 0.717) is 28.5 Å². The molecule has 2 aliphatic rings. The second-order valence-corrected chi connectivity index (χ2v) is 5.99. The Morgan fingerprint density at radius 2 is 2.00 bits per heavy atom. The van der Waals surface area contributed by atoms with Crippen LogP contribution in [0.5, 0.6) is 11.5 Å². The highest BCUT2D eigenvalue weighted by Gasteiger charge is 2.26. The van der Waals surface area contributed by atoms with Crippen LogP contribution in [0.2, 0.25) is 0 Å². The van der Waals surface area contributed by atoms with Crippen LogP contribution in [0.15, 0.2) is 53.3 Å². The van der Waals surface area contributed by atoms with Crippen molar-refractivity contribution in [1.29, 1.82) is 0 Å². The van der Waals surface area contributed by atoms with E-state index in [0.717, 1.165) is 11.1 Å². The molecule has 6 nitrogen and oxygen atoms in total. The van der Waals surface area contributed by atoms with Gasteiger partial charge >= 0.3 is 0 Å². The number of benzene rings is 1. The van der Waals surface area contributed by atoms with E-state index in [1.165, 1.54) is 6.07 Å². The Morgan fingerprint density at radius 3 is 2.84 bits per heavy atom. The summed E-state index contributed by atoms with van der Waals surface area (Å²) in [6.45, 7) is 0. The van der Waals surface area contributed by atoms with Gasteiger partial charge in [0, 0.05) is 17.2 Å². The number of piperidine rings is 1. The van der Waals surface area contributed by atoms with Crippen LogP contribution in [-0.4, -0.2) is 27.0 Å². The highest BCUT2D eigenvalue weighted by atomic mass is 16.3. The predicted molar refractivity (Wildman–Crippen MR) is 91.6 cm³/mol. The molecule has 4 rings (SSSR count). The van der Waals surface area contributed by atoms with E-state index in [-0.39, 0.29) is 29.7 Å². The first-order chi connectivity index (χ1) is 12.0. The third-order valence-electron chi connectivity index (χ3n) is 4.34. The lowest BCUT2D eigenvalue weighted by Gasteiger charge is -2.21. The number of allylic oxidation sites excluding steroid dienone is 3. The maximum absolute atomic E-state index is 11.8. The van der Waals surface area contributed by atoms with Crippen LogP contribution in [0.3, 0.4) is 0 Å². The maximum Gasteiger partial charge on any atom is 0.257 e. The molecule has 6 heteroatoms. The van der Waals surface area contributed by atoms with Gasteiger partial charge < -0.3 is 10.2 Å².